The zero-order chi connectivity index (χ0) is 33.3. The third-order valence-electron chi connectivity index (χ3n) is 10.6. The van der Waals surface area contributed by atoms with E-state index >= 15 is 0 Å². The summed E-state index contributed by atoms with van der Waals surface area (Å²) >= 11 is 0. The number of rotatable bonds is 8. The monoisotopic (exact) mass is 634 g/mol. The van der Waals surface area contributed by atoms with Crippen molar-refractivity contribution in [2.45, 2.75) is 46.0 Å². The molecule has 8 rings (SSSR count). The third-order valence-corrected chi connectivity index (χ3v) is 10.6. The molecule has 1 aliphatic carbocycles. The summed E-state index contributed by atoms with van der Waals surface area (Å²) in [7, 11) is 0. The van der Waals surface area contributed by atoms with Crippen LogP contribution in [-0.4, -0.2) is 9.55 Å². The van der Waals surface area contributed by atoms with E-state index in [0.29, 0.717) is 11.8 Å². The molecule has 0 bridgehead atoms. The van der Waals surface area contributed by atoms with Crippen molar-refractivity contribution in [3.8, 4) is 39.2 Å². The average Bonchev–Trinajstić information content (AvgIpc) is 3.52. The van der Waals surface area contributed by atoms with Gasteiger partial charge in [-0.2, -0.15) is 0 Å². The Kier molecular flexibility index (Phi) is 8.31. The van der Waals surface area contributed by atoms with Gasteiger partial charge >= 0.3 is 0 Å². The quantitative estimate of drug-likeness (QED) is 0.163. The van der Waals surface area contributed by atoms with E-state index in [4.69, 9.17) is 4.98 Å². The molecule has 2 aromatic heterocycles. The van der Waals surface area contributed by atoms with Crippen LogP contribution in [0.2, 0.25) is 0 Å². The second-order valence-corrected chi connectivity index (χ2v) is 13.5. The number of nitrogens with zero attached hydrogens (tertiary/aromatic N) is 2. The maximum Gasteiger partial charge on any atom is 0.0705 e. The fourth-order valence-corrected chi connectivity index (χ4v) is 7.57. The van der Waals surface area contributed by atoms with Crippen molar-refractivity contribution in [1.29, 1.82) is 0 Å². The summed E-state index contributed by atoms with van der Waals surface area (Å²) in [5.41, 5.74) is 14.7. The summed E-state index contributed by atoms with van der Waals surface area (Å²) in [6.45, 7) is 6.99. The van der Waals surface area contributed by atoms with Crippen LogP contribution in [0.1, 0.15) is 57.1 Å². The van der Waals surface area contributed by atoms with Crippen LogP contribution in [0.5, 0.6) is 0 Å². The van der Waals surface area contributed by atoms with Crippen molar-refractivity contribution in [2.75, 3.05) is 0 Å². The van der Waals surface area contributed by atoms with Crippen LogP contribution in [0.25, 0.3) is 66.6 Å². The Labute approximate surface area is 290 Å². The summed E-state index contributed by atoms with van der Waals surface area (Å²) in [4.78, 5) is 4.80. The van der Waals surface area contributed by atoms with Crippen LogP contribution in [0.15, 0.2) is 152 Å². The highest BCUT2D eigenvalue weighted by molar-refractivity contribution is 6.15. The molecule has 2 atom stereocenters. The first-order valence-electron chi connectivity index (χ1n) is 17.8. The summed E-state index contributed by atoms with van der Waals surface area (Å²) in [5.74, 6) is 1.01. The highest BCUT2D eigenvalue weighted by atomic mass is 15.0. The van der Waals surface area contributed by atoms with Crippen LogP contribution in [0, 0.1) is 5.92 Å². The Hall–Kier alpha value is -5.47. The second kappa shape index (κ2) is 13.2. The fourth-order valence-electron chi connectivity index (χ4n) is 7.57. The lowest BCUT2D eigenvalue weighted by Gasteiger charge is -2.22. The Bertz CT molecular complexity index is 2340. The molecular formula is C47H42N2. The maximum absolute atomic E-state index is 4.80. The molecule has 2 heteroatoms. The average molecular weight is 635 g/mol. The molecule has 0 saturated carbocycles. The fraction of sp³-hybridized carbons (Fsp3) is 0.170. The van der Waals surface area contributed by atoms with E-state index in [1.54, 1.807) is 0 Å². The lowest BCUT2D eigenvalue weighted by molar-refractivity contribution is 0.474. The Morgan fingerprint density at radius 2 is 1.43 bits per heavy atom. The molecule has 0 saturated heterocycles. The zero-order valence-electron chi connectivity index (χ0n) is 28.6. The molecule has 0 radical (unpaired) electrons. The topological polar surface area (TPSA) is 17.8 Å². The van der Waals surface area contributed by atoms with Gasteiger partial charge in [0.15, 0.2) is 0 Å². The predicted molar refractivity (Wildman–Crippen MR) is 209 cm³/mol. The number of hydrogen-bond donors (Lipinski definition) is 0. The van der Waals surface area contributed by atoms with Crippen LogP contribution in [0.4, 0.5) is 0 Å². The Morgan fingerprint density at radius 1 is 0.653 bits per heavy atom. The molecule has 5 aromatic carbocycles. The van der Waals surface area contributed by atoms with Gasteiger partial charge in [0.2, 0.25) is 0 Å². The summed E-state index contributed by atoms with van der Waals surface area (Å²) < 4.78 is 2.47. The van der Waals surface area contributed by atoms with E-state index in [9.17, 15) is 0 Å². The van der Waals surface area contributed by atoms with Gasteiger partial charge in [-0.05, 0) is 112 Å². The molecule has 0 spiro atoms. The normalized spacial score (nSPS) is 14.2. The number of hydrogen-bond acceptors (Lipinski definition) is 1. The van der Waals surface area contributed by atoms with Crippen molar-refractivity contribution in [3.63, 3.8) is 0 Å². The number of para-hydroxylation sites is 1. The molecule has 0 fully saturated rings. The Balaban J connectivity index is 1.34. The van der Waals surface area contributed by atoms with E-state index in [0.717, 1.165) is 30.6 Å². The molecule has 49 heavy (non-hydrogen) atoms. The number of fused-ring (bicyclic) bond motifs is 3. The summed E-state index contributed by atoms with van der Waals surface area (Å²) in [6.07, 6.45) is 12.2. The first-order valence-corrected chi connectivity index (χ1v) is 17.8. The minimum absolute atomic E-state index is 0.433. The van der Waals surface area contributed by atoms with Gasteiger partial charge in [-0.1, -0.05) is 124 Å². The van der Waals surface area contributed by atoms with Crippen LogP contribution in [-0.2, 0) is 0 Å². The minimum Gasteiger partial charge on any atom is -0.309 e. The van der Waals surface area contributed by atoms with Crippen molar-refractivity contribution in [2.24, 2.45) is 5.92 Å². The first kappa shape index (κ1) is 30.8. The molecule has 1 aliphatic rings. The highest BCUT2D eigenvalue weighted by Gasteiger charge is 2.21. The van der Waals surface area contributed by atoms with Gasteiger partial charge in [-0.3, -0.25) is 4.98 Å². The van der Waals surface area contributed by atoms with E-state index in [1.807, 2.05) is 12.3 Å². The van der Waals surface area contributed by atoms with Gasteiger partial charge in [0.05, 0.1) is 16.7 Å². The largest absolute Gasteiger partial charge is 0.309 e. The predicted octanol–water partition coefficient (Wildman–Crippen LogP) is 13.1. The number of pyridine rings is 1. The van der Waals surface area contributed by atoms with E-state index < -0.39 is 0 Å². The first-order chi connectivity index (χ1) is 24.1. The SMILES string of the molecule is CCC(C)C(C)c1ccc(-c2cccc(-n3c4ccccc4c4c(C5=CCCC=C5)cc(-c5ccccc5)cc43)c2)cc1-c1ccccn1. The second-order valence-electron chi connectivity index (χ2n) is 13.5. The zero-order valence-corrected chi connectivity index (χ0v) is 28.6. The van der Waals surface area contributed by atoms with E-state index in [-0.39, 0.29) is 0 Å². The van der Waals surface area contributed by atoms with Crippen LogP contribution >= 0.6 is 0 Å². The number of aromatic nitrogens is 2. The van der Waals surface area contributed by atoms with Crippen LogP contribution in [0.3, 0.4) is 0 Å². The standard InChI is InChI=1S/C47H42N2/c1-4-32(2)33(3)40-26-25-37(29-43(40)44-23-13-14-27-48-44)36-20-15-21-39(28-36)49-45-24-12-11-22-41(45)47-42(35-18-9-6-10-19-35)30-38(31-46(47)49)34-16-7-5-8-17-34/h5,7-9,11-33H,4,6,10H2,1-3H3. The third kappa shape index (κ3) is 5.72. The van der Waals surface area contributed by atoms with Gasteiger partial charge in [-0.15, -0.1) is 0 Å². The molecular weight excluding hydrogens is 593 g/mol. The van der Waals surface area contributed by atoms with Gasteiger partial charge in [0.1, 0.15) is 0 Å². The molecule has 2 nitrogen and oxygen atoms in total. The minimum atomic E-state index is 0.433. The summed E-state index contributed by atoms with van der Waals surface area (Å²) in [6, 6.07) is 46.7. The molecule has 0 N–H and O–H groups in total. The van der Waals surface area contributed by atoms with Crippen molar-refractivity contribution in [3.05, 3.63) is 163 Å². The van der Waals surface area contributed by atoms with E-state index in [1.165, 1.54) is 66.3 Å². The van der Waals surface area contributed by atoms with Gasteiger partial charge in [0, 0.05) is 28.2 Å². The molecule has 2 heterocycles. The Morgan fingerprint density at radius 3 is 2.22 bits per heavy atom. The molecule has 7 aromatic rings. The van der Waals surface area contributed by atoms with Crippen molar-refractivity contribution >= 4 is 27.4 Å². The van der Waals surface area contributed by atoms with E-state index in [2.05, 4.69) is 165 Å². The smallest absolute Gasteiger partial charge is 0.0705 e. The lowest BCUT2D eigenvalue weighted by Crippen LogP contribution is -2.07. The molecule has 2 unspecified atom stereocenters. The number of allylic oxidation sites excluding steroid dienone is 4. The van der Waals surface area contributed by atoms with Gasteiger partial charge < -0.3 is 4.57 Å². The molecule has 240 valence electrons. The lowest BCUT2D eigenvalue weighted by atomic mass is 9.83. The summed E-state index contributed by atoms with van der Waals surface area (Å²) in [5, 5.41) is 2.58. The van der Waals surface area contributed by atoms with Gasteiger partial charge in [-0.25, -0.2) is 0 Å². The van der Waals surface area contributed by atoms with Crippen LogP contribution < -0.4 is 0 Å². The van der Waals surface area contributed by atoms with Crippen molar-refractivity contribution < 1.29 is 0 Å². The highest BCUT2D eigenvalue weighted by Crippen LogP contribution is 2.42. The maximum atomic E-state index is 4.80. The van der Waals surface area contributed by atoms with Crippen molar-refractivity contribution in [1.82, 2.24) is 9.55 Å². The molecule has 0 amide bonds. The number of benzene rings is 5. The molecule has 0 aliphatic heterocycles. The van der Waals surface area contributed by atoms with Gasteiger partial charge in [0.25, 0.3) is 0 Å².